The smallest absolute Gasteiger partial charge is 0.322 e. The number of rotatable bonds is 38. The number of esters is 1. The highest BCUT2D eigenvalue weighted by Gasteiger charge is 2.14. The number of nitrogens with one attached hydrogen (secondary N) is 1. The number of carbonyl (C=O) groups excluding carboxylic acids is 2. The first-order valence-corrected chi connectivity index (χ1v) is 21.0. The van der Waals surface area contributed by atoms with Gasteiger partial charge in [0, 0.05) is 12.8 Å². The molecule has 1 unspecified atom stereocenters. The summed E-state index contributed by atoms with van der Waals surface area (Å²) < 4.78 is 6.00. The standard InChI is InChI=1S/C43H79NO5/c1-3-5-7-9-11-13-15-17-19-21-23-25-30-34-38-43(48)49-40(36-32-28-26-29-33-37-41(45)44-39-42(46)47)35-31-27-24-22-20-18-16-14-12-10-8-6-4-2/h15,17,22,24,40H,3-14,16,18-21,23,25-39H2,1-2H3,(H,44,45)(H,46,47)/b17-15-,24-22-. The summed E-state index contributed by atoms with van der Waals surface area (Å²) in [6, 6.07) is 0. The Morgan fingerprint density at radius 3 is 1.39 bits per heavy atom. The van der Waals surface area contributed by atoms with Gasteiger partial charge in [0.15, 0.2) is 0 Å². The molecule has 49 heavy (non-hydrogen) atoms. The molecule has 1 amide bonds. The van der Waals surface area contributed by atoms with Gasteiger partial charge < -0.3 is 15.2 Å². The third kappa shape index (κ3) is 38.5. The van der Waals surface area contributed by atoms with Crippen molar-refractivity contribution in [2.45, 2.75) is 225 Å². The predicted molar refractivity (Wildman–Crippen MR) is 208 cm³/mol. The Hall–Kier alpha value is -2.11. The van der Waals surface area contributed by atoms with Crippen molar-refractivity contribution in [1.29, 1.82) is 0 Å². The highest BCUT2D eigenvalue weighted by Crippen LogP contribution is 2.18. The van der Waals surface area contributed by atoms with Crippen molar-refractivity contribution < 1.29 is 24.2 Å². The van der Waals surface area contributed by atoms with E-state index in [1.165, 1.54) is 122 Å². The van der Waals surface area contributed by atoms with Gasteiger partial charge in [-0.1, -0.05) is 147 Å². The Kier molecular flexibility index (Phi) is 37.0. The highest BCUT2D eigenvalue weighted by molar-refractivity contribution is 5.80. The molecule has 0 radical (unpaired) electrons. The van der Waals surface area contributed by atoms with E-state index in [2.05, 4.69) is 43.5 Å². The summed E-state index contributed by atoms with van der Waals surface area (Å²) in [4.78, 5) is 35.0. The first-order valence-electron chi connectivity index (χ1n) is 21.0. The molecule has 6 nitrogen and oxygen atoms in total. The molecule has 0 spiro atoms. The monoisotopic (exact) mass is 690 g/mol. The quantitative estimate of drug-likeness (QED) is 0.0382. The molecule has 0 aromatic heterocycles. The maximum atomic E-state index is 12.7. The zero-order valence-electron chi connectivity index (χ0n) is 32.3. The van der Waals surface area contributed by atoms with Crippen molar-refractivity contribution >= 4 is 17.8 Å². The van der Waals surface area contributed by atoms with E-state index >= 15 is 0 Å². The molecule has 0 aliphatic carbocycles. The fraction of sp³-hybridized carbons (Fsp3) is 0.837. The molecule has 0 saturated heterocycles. The number of aliphatic carboxylic acids is 1. The van der Waals surface area contributed by atoms with Crippen LogP contribution >= 0.6 is 0 Å². The first kappa shape index (κ1) is 46.9. The van der Waals surface area contributed by atoms with Gasteiger partial charge in [-0.05, 0) is 83.5 Å². The second-order valence-electron chi connectivity index (χ2n) is 14.2. The molecule has 0 aliphatic heterocycles. The lowest BCUT2D eigenvalue weighted by atomic mass is 10.0. The van der Waals surface area contributed by atoms with Gasteiger partial charge in [0.05, 0.1) is 0 Å². The summed E-state index contributed by atoms with van der Waals surface area (Å²) in [6.07, 6.45) is 45.8. The molecule has 0 saturated carbocycles. The van der Waals surface area contributed by atoms with E-state index in [0.29, 0.717) is 12.8 Å². The molecule has 0 rings (SSSR count). The molecule has 1 atom stereocenters. The van der Waals surface area contributed by atoms with Crippen molar-refractivity contribution in [2.75, 3.05) is 6.54 Å². The minimum atomic E-state index is -1.02. The number of hydrogen-bond acceptors (Lipinski definition) is 4. The zero-order valence-corrected chi connectivity index (χ0v) is 32.3. The van der Waals surface area contributed by atoms with E-state index in [9.17, 15) is 14.4 Å². The van der Waals surface area contributed by atoms with Crippen molar-refractivity contribution in [2.24, 2.45) is 0 Å². The van der Waals surface area contributed by atoms with Crippen molar-refractivity contribution in [3.63, 3.8) is 0 Å². The summed E-state index contributed by atoms with van der Waals surface area (Å²) in [5.74, 6) is -1.25. The summed E-state index contributed by atoms with van der Waals surface area (Å²) in [5.41, 5.74) is 0. The Bertz CT molecular complexity index is 808. The van der Waals surface area contributed by atoms with Gasteiger partial charge in [0.25, 0.3) is 0 Å². The van der Waals surface area contributed by atoms with Crippen LogP contribution in [0.15, 0.2) is 24.3 Å². The van der Waals surface area contributed by atoms with Gasteiger partial charge in [-0.2, -0.15) is 0 Å². The van der Waals surface area contributed by atoms with Crippen LogP contribution in [-0.2, 0) is 19.1 Å². The molecule has 0 fully saturated rings. The second kappa shape index (κ2) is 38.7. The largest absolute Gasteiger partial charge is 0.480 e. The van der Waals surface area contributed by atoms with Crippen molar-refractivity contribution in [3.05, 3.63) is 24.3 Å². The maximum absolute atomic E-state index is 12.7. The predicted octanol–water partition coefficient (Wildman–Crippen LogP) is 12.7. The fourth-order valence-electron chi connectivity index (χ4n) is 6.22. The second-order valence-corrected chi connectivity index (χ2v) is 14.2. The van der Waals surface area contributed by atoms with E-state index in [1.807, 2.05) is 0 Å². The average Bonchev–Trinajstić information content (AvgIpc) is 3.08. The van der Waals surface area contributed by atoms with Crippen LogP contribution in [0.4, 0.5) is 0 Å². The Balaban J connectivity index is 4.22. The lowest BCUT2D eigenvalue weighted by Gasteiger charge is -2.18. The van der Waals surface area contributed by atoms with Crippen LogP contribution in [0.5, 0.6) is 0 Å². The van der Waals surface area contributed by atoms with Crippen LogP contribution in [0.3, 0.4) is 0 Å². The third-order valence-corrected chi connectivity index (χ3v) is 9.35. The lowest BCUT2D eigenvalue weighted by molar-refractivity contribution is -0.150. The van der Waals surface area contributed by atoms with Crippen LogP contribution in [0.1, 0.15) is 219 Å². The molecular weight excluding hydrogens is 610 g/mol. The topological polar surface area (TPSA) is 92.7 Å². The molecule has 0 aliphatic rings. The molecule has 0 aromatic carbocycles. The summed E-state index contributed by atoms with van der Waals surface area (Å²) in [6.45, 7) is 4.22. The average molecular weight is 690 g/mol. The molecule has 2 N–H and O–H groups in total. The van der Waals surface area contributed by atoms with Crippen LogP contribution in [0.25, 0.3) is 0 Å². The summed E-state index contributed by atoms with van der Waals surface area (Å²) in [5, 5.41) is 11.1. The van der Waals surface area contributed by atoms with E-state index in [0.717, 1.165) is 70.6 Å². The Morgan fingerprint density at radius 1 is 0.510 bits per heavy atom. The molecular formula is C43H79NO5. The number of allylic oxidation sites excluding steroid dienone is 4. The number of hydrogen-bond donors (Lipinski definition) is 2. The van der Waals surface area contributed by atoms with E-state index in [1.54, 1.807) is 0 Å². The van der Waals surface area contributed by atoms with Gasteiger partial charge >= 0.3 is 11.9 Å². The number of carboxylic acid groups (broad SMARTS) is 1. The molecule has 286 valence electrons. The molecule has 0 bridgehead atoms. The maximum Gasteiger partial charge on any atom is 0.322 e. The van der Waals surface area contributed by atoms with Gasteiger partial charge in [0.1, 0.15) is 12.6 Å². The van der Waals surface area contributed by atoms with E-state index in [-0.39, 0.29) is 24.5 Å². The Labute approximate surface area is 303 Å². The van der Waals surface area contributed by atoms with Crippen LogP contribution < -0.4 is 5.32 Å². The Morgan fingerprint density at radius 2 is 0.898 bits per heavy atom. The van der Waals surface area contributed by atoms with Crippen LogP contribution in [0, 0.1) is 0 Å². The van der Waals surface area contributed by atoms with Crippen LogP contribution in [-0.4, -0.2) is 35.6 Å². The van der Waals surface area contributed by atoms with Gasteiger partial charge in [-0.3, -0.25) is 14.4 Å². The fourth-order valence-corrected chi connectivity index (χ4v) is 6.22. The lowest BCUT2D eigenvalue weighted by Crippen LogP contribution is -2.28. The number of carboxylic acids is 1. The number of amides is 1. The minimum absolute atomic E-state index is 0.00571. The zero-order chi connectivity index (χ0) is 35.9. The molecule has 0 heterocycles. The summed E-state index contributed by atoms with van der Waals surface area (Å²) in [7, 11) is 0. The normalized spacial score (nSPS) is 12.2. The SMILES string of the molecule is CCCCCCC/C=C\CCCCCCCC(=O)OC(CCC/C=C\CCCCCCCCCC)CCCCCCCC(=O)NCC(=O)O. The highest BCUT2D eigenvalue weighted by atomic mass is 16.5. The van der Waals surface area contributed by atoms with Crippen molar-refractivity contribution in [1.82, 2.24) is 5.32 Å². The molecule has 0 aromatic rings. The third-order valence-electron chi connectivity index (χ3n) is 9.35. The van der Waals surface area contributed by atoms with Gasteiger partial charge in [-0.25, -0.2) is 0 Å². The van der Waals surface area contributed by atoms with Gasteiger partial charge in [-0.15, -0.1) is 0 Å². The van der Waals surface area contributed by atoms with Crippen molar-refractivity contribution in [3.8, 4) is 0 Å². The summed E-state index contributed by atoms with van der Waals surface area (Å²) >= 11 is 0. The van der Waals surface area contributed by atoms with Crippen LogP contribution in [0.2, 0.25) is 0 Å². The van der Waals surface area contributed by atoms with E-state index < -0.39 is 5.97 Å². The first-order chi connectivity index (χ1) is 24.0. The molecule has 6 heteroatoms. The number of unbranched alkanes of at least 4 members (excludes halogenated alkanes) is 23. The number of ether oxygens (including phenoxy) is 1. The van der Waals surface area contributed by atoms with E-state index in [4.69, 9.17) is 9.84 Å². The minimum Gasteiger partial charge on any atom is -0.480 e. The number of carbonyl (C=O) groups is 3. The van der Waals surface area contributed by atoms with Gasteiger partial charge in [0.2, 0.25) is 5.91 Å².